The van der Waals surface area contributed by atoms with Crippen molar-refractivity contribution in [1.29, 1.82) is 0 Å². The van der Waals surface area contributed by atoms with Crippen molar-refractivity contribution in [2.45, 2.75) is 57.7 Å². The summed E-state index contributed by atoms with van der Waals surface area (Å²) < 4.78 is 10.9. The molecule has 0 heterocycles. The zero-order chi connectivity index (χ0) is 17.5. The average Bonchev–Trinajstić information content (AvgIpc) is 2.83. The summed E-state index contributed by atoms with van der Waals surface area (Å²) in [5.74, 6) is -1.11. The first-order valence-electron chi connectivity index (χ1n) is 8.39. The Kier molecular flexibility index (Phi) is 6.61. The lowest BCUT2D eigenvalue weighted by molar-refractivity contribution is -0.130. The van der Waals surface area contributed by atoms with Crippen LogP contribution in [-0.4, -0.2) is 36.3 Å². The molecule has 0 radical (unpaired) electrons. The molecule has 1 aliphatic rings. The normalized spacial score (nSPS) is 16.9. The molecular formula is C18H25NO5. The number of carbonyl (C=O) groups excluding carboxylic acids is 1. The summed E-state index contributed by atoms with van der Waals surface area (Å²) in [5.41, 5.74) is 0.538. The quantitative estimate of drug-likeness (QED) is 0.778. The van der Waals surface area contributed by atoms with Gasteiger partial charge in [0.25, 0.3) is 5.91 Å². The molecule has 1 fully saturated rings. The van der Waals surface area contributed by atoms with Gasteiger partial charge in [0.05, 0.1) is 13.2 Å². The molecule has 6 nitrogen and oxygen atoms in total. The Labute approximate surface area is 142 Å². The minimum Gasteiger partial charge on any atom is -0.496 e. The van der Waals surface area contributed by atoms with Crippen molar-refractivity contribution >= 4 is 17.6 Å². The highest BCUT2D eigenvalue weighted by Crippen LogP contribution is 2.24. The van der Waals surface area contributed by atoms with Crippen LogP contribution in [-0.2, 0) is 9.53 Å². The van der Waals surface area contributed by atoms with Crippen LogP contribution in [0, 0.1) is 0 Å². The van der Waals surface area contributed by atoms with E-state index in [1.54, 1.807) is 13.0 Å². The summed E-state index contributed by atoms with van der Waals surface area (Å²) in [4.78, 5) is 23.4. The van der Waals surface area contributed by atoms with Crippen LogP contribution in [0.25, 0.3) is 0 Å². The molecular weight excluding hydrogens is 310 g/mol. The fraction of sp³-hybridized carbons (Fsp3) is 0.556. The topological polar surface area (TPSA) is 84.9 Å². The molecule has 2 rings (SSSR count). The van der Waals surface area contributed by atoms with Gasteiger partial charge in [0.1, 0.15) is 17.4 Å². The Hall–Kier alpha value is -2.08. The van der Waals surface area contributed by atoms with E-state index < -0.39 is 12.1 Å². The van der Waals surface area contributed by atoms with E-state index >= 15 is 0 Å². The zero-order valence-corrected chi connectivity index (χ0v) is 14.2. The van der Waals surface area contributed by atoms with Gasteiger partial charge >= 0.3 is 5.97 Å². The fourth-order valence-electron chi connectivity index (χ4n) is 2.92. The molecule has 24 heavy (non-hydrogen) atoms. The highest BCUT2D eigenvalue weighted by Gasteiger charge is 2.21. The predicted octanol–water partition coefficient (Wildman–Crippen LogP) is 3.46. The van der Waals surface area contributed by atoms with Crippen molar-refractivity contribution in [2.24, 2.45) is 0 Å². The number of carbonyl (C=O) groups is 2. The predicted molar refractivity (Wildman–Crippen MR) is 90.6 cm³/mol. The molecule has 0 spiro atoms. The average molecular weight is 335 g/mol. The van der Waals surface area contributed by atoms with E-state index in [2.05, 4.69) is 5.32 Å². The van der Waals surface area contributed by atoms with Gasteiger partial charge in [-0.2, -0.15) is 0 Å². The molecule has 1 unspecified atom stereocenters. The maximum Gasteiger partial charge on any atom is 0.339 e. The van der Waals surface area contributed by atoms with Gasteiger partial charge < -0.3 is 19.9 Å². The highest BCUT2D eigenvalue weighted by molar-refractivity contribution is 5.96. The monoisotopic (exact) mass is 335 g/mol. The number of aromatic carboxylic acids is 1. The van der Waals surface area contributed by atoms with Gasteiger partial charge in [0, 0.05) is 11.8 Å². The molecule has 1 aliphatic carbocycles. The molecule has 6 heteroatoms. The molecule has 0 saturated heterocycles. The van der Waals surface area contributed by atoms with E-state index in [1.165, 1.54) is 32.1 Å². The number of methoxy groups -OCH3 is 1. The van der Waals surface area contributed by atoms with Gasteiger partial charge in [-0.1, -0.05) is 25.7 Å². The Morgan fingerprint density at radius 1 is 1.21 bits per heavy atom. The van der Waals surface area contributed by atoms with Crippen LogP contribution in [0.4, 0.5) is 5.69 Å². The van der Waals surface area contributed by atoms with Crippen molar-refractivity contribution < 1.29 is 24.2 Å². The second-order valence-electron chi connectivity index (χ2n) is 6.10. The number of nitrogens with one attached hydrogen (secondary N) is 1. The number of benzene rings is 1. The highest BCUT2D eigenvalue weighted by atomic mass is 16.5. The number of hydrogen-bond donors (Lipinski definition) is 2. The lowest BCUT2D eigenvalue weighted by Crippen LogP contribution is -2.31. The van der Waals surface area contributed by atoms with Crippen LogP contribution < -0.4 is 10.1 Å². The maximum atomic E-state index is 12.3. The third kappa shape index (κ3) is 4.96. The third-order valence-corrected chi connectivity index (χ3v) is 4.27. The van der Waals surface area contributed by atoms with Crippen molar-refractivity contribution in [3.8, 4) is 5.75 Å². The van der Waals surface area contributed by atoms with Crippen LogP contribution in [0.3, 0.4) is 0 Å². The molecule has 0 aliphatic heterocycles. The summed E-state index contributed by atoms with van der Waals surface area (Å²) in [6, 6.07) is 4.45. The number of amides is 1. The Bertz CT molecular complexity index is 579. The standard InChI is InChI=1S/C18H25NO5/c1-12(24-14-7-5-3-4-6-8-14)17(20)19-13-9-10-15(18(21)22)16(11-13)23-2/h9-12,14H,3-8H2,1-2H3,(H,19,20)(H,21,22). The zero-order valence-electron chi connectivity index (χ0n) is 14.2. The first-order valence-corrected chi connectivity index (χ1v) is 8.39. The summed E-state index contributed by atoms with van der Waals surface area (Å²) >= 11 is 0. The summed E-state index contributed by atoms with van der Waals surface area (Å²) in [5, 5.41) is 11.8. The number of carboxylic acids is 1. The molecule has 1 amide bonds. The third-order valence-electron chi connectivity index (χ3n) is 4.27. The van der Waals surface area contributed by atoms with Gasteiger partial charge in [-0.05, 0) is 31.9 Å². The van der Waals surface area contributed by atoms with Crippen molar-refractivity contribution in [3.05, 3.63) is 23.8 Å². The van der Waals surface area contributed by atoms with Crippen LogP contribution in [0.5, 0.6) is 5.75 Å². The van der Waals surface area contributed by atoms with E-state index in [9.17, 15) is 9.59 Å². The second-order valence-corrected chi connectivity index (χ2v) is 6.10. The van der Waals surface area contributed by atoms with E-state index in [1.807, 2.05) is 0 Å². The molecule has 0 bridgehead atoms. The van der Waals surface area contributed by atoms with Gasteiger partial charge in [-0.15, -0.1) is 0 Å². The van der Waals surface area contributed by atoms with Gasteiger partial charge in [0.2, 0.25) is 0 Å². The van der Waals surface area contributed by atoms with E-state index in [-0.39, 0.29) is 23.3 Å². The van der Waals surface area contributed by atoms with E-state index in [0.717, 1.165) is 25.7 Å². The van der Waals surface area contributed by atoms with Gasteiger partial charge in [0.15, 0.2) is 0 Å². The maximum absolute atomic E-state index is 12.3. The van der Waals surface area contributed by atoms with E-state index in [4.69, 9.17) is 14.6 Å². The molecule has 1 aromatic carbocycles. The largest absolute Gasteiger partial charge is 0.496 e. The van der Waals surface area contributed by atoms with Crippen molar-refractivity contribution in [1.82, 2.24) is 0 Å². The van der Waals surface area contributed by atoms with Crippen LogP contribution in [0.1, 0.15) is 55.8 Å². The number of carboxylic acid groups (broad SMARTS) is 1. The Morgan fingerprint density at radius 2 is 1.88 bits per heavy atom. The number of ether oxygens (including phenoxy) is 2. The molecule has 2 N–H and O–H groups in total. The van der Waals surface area contributed by atoms with Crippen molar-refractivity contribution in [3.63, 3.8) is 0 Å². The summed E-state index contributed by atoms with van der Waals surface area (Å²) in [7, 11) is 1.39. The van der Waals surface area contributed by atoms with Crippen LogP contribution >= 0.6 is 0 Å². The Morgan fingerprint density at radius 3 is 2.46 bits per heavy atom. The number of hydrogen-bond acceptors (Lipinski definition) is 4. The summed E-state index contributed by atoms with van der Waals surface area (Å²) in [6.45, 7) is 1.74. The molecule has 0 aromatic heterocycles. The van der Waals surface area contributed by atoms with Gasteiger partial charge in [-0.3, -0.25) is 4.79 Å². The number of rotatable bonds is 6. The minimum absolute atomic E-state index is 0.0539. The first kappa shape index (κ1) is 18.3. The lowest BCUT2D eigenvalue weighted by atomic mass is 10.1. The Balaban J connectivity index is 1.96. The molecule has 1 aromatic rings. The molecule has 1 atom stereocenters. The summed E-state index contributed by atoms with van der Waals surface area (Å²) in [6.07, 6.45) is 6.33. The number of anilines is 1. The second kappa shape index (κ2) is 8.68. The van der Waals surface area contributed by atoms with Crippen molar-refractivity contribution in [2.75, 3.05) is 12.4 Å². The SMILES string of the molecule is COc1cc(NC(=O)C(C)OC2CCCCCC2)ccc1C(=O)O. The molecule has 132 valence electrons. The lowest BCUT2D eigenvalue weighted by Gasteiger charge is -2.21. The fourth-order valence-corrected chi connectivity index (χ4v) is 2.92. The van der Waals surface area contributed by atoms with E-state index in [0.29, 0.717) is 5.69 Å². The molecule has 1 saturated carbocycles. The van der Waals surface area contributed by atoms with Gasteiger partial charge in [-0.25, -0.2) is 4.79 Å². The smallest absolute Gasteiger partial charge is 0.339 e. The first-order chi connectivity index (χ1) is 11.5. The van der Waals surface area contributed by atoms with Crippen LogP contribution in [0.2, 0.25) is 0 Å². The van der Waals surface area contributed by atoms with Crippen LogP contribution in [0.15, 0.2) is 18.2 Å². The minimum atomic E-state index is -1.07.